The van der Waals surface area contributed by atoms with Gasteiger partial charge in [-0.15, -0.1) is 0 Å². The standard InChI is InChI=1S/C15H24N2O/c1-15(2)14(16)9-6-10-17(15)11-12-7-4-5-8-13(12)18-3/h4-5,7-8,14H,6,9-11,16H2,1-3H3. The van der Waals surface area contributed by atoms with Gasteiger partial charge >= 0.3 is 0 Å². The summed E-state index contributed by atoms with van der Waals surface area (Å²) in [4.78, 5) is 2.47. The van der Waals surface area contributed by atoms with Crippen LogP contribution in [0.3, 0.4) is 0 Å². The Hall–Kier alpha value is -1.06. The molecule has 3 heteroatoms. The van der Waals surface area contributed by atoms with Gasteiger partial charge in [-0.2, -0.15) is 0 Å². The molecule has 100 valence electrons. The van der Waals surface area contributed by atoms with Crippen molar-refractivity contribution < 1.29 is 4.74 Å². The molecule has 2 N–H and O–H groups in total. The Labute approximate surface area is 110 Å². The molecule has 1 heterocycles. The largest absolute Gasteiger partial charge is 0.496 e. The van der Waals surface area contributed by atoms with Crippen LogP contribution in [0.1, 0.15) is 32.3 Å². The van der Waals surface area contributed by atoms with Crippen molar-refractivity contribution in [1.82, 2.24) is 4.90 Å². The summed E-state index contributed by atoms with van der Waals surface area (Å²) in [6.45, 7) is 6.50. The van der Waals surface area contributed by atoms with Crippen LogP contribution in [0.15, 0.2) is 24.3 Å². The summed E-state index contributed by atoms with van der Waals surface area (Å²) in [5.74, 6) is 0.965. The van der Waals surface area contributed by atoms with Crippen molar-refractivity contribution in [2.75, 3.05) is 13.7 Å². The predicted molar refractivity (Wildman–Crippen MR) is 74.7 cm³/mol. The lowest BCUT2D eigenvalue weighted by molar-refractivity contribution is 0.0495. The van der Waals surface area contributed by atoms with Crippen LogP contribution in [0.5, 0.6) is 5.75 Å². The van der Waals surface area contributed by atoms with Crippen LogP contribution in [0.4, 0.5) is 0 Å². The van der Waals surface area contributed by atoms with E-state index in [2.05, 4.69) is 30.9 Å². The van der Waals surface area contributed by atoms with Gasteiger partial charge in [-0.3, -0.25) is 4.90 Å². The van der Waals surface area contributed by atoms with Crippen molar-refractivity contribution in [3.05, 3.63) is 29.8 Å². The Bertz CT molecular complexity index is 403. The van der Waals surface area contributed by atoms with E-state index in [-0.39, 0.29) is 11.6 Å². The second kappa shape index (κ2) is 5.29. The van der Waals surface area contributed by atoms with Crippen molar-refractivity contribution in [3.63, 3.8) is 0 Å². The van der Waals surface area contributed by atoms with E-state index in [1.807, 2.05) is 12.1 Å². The van der Waals surface area contributed by atoms with E-state index in [1.165, 1.54) is 12.0 Å². The molecule has 0 bridgehead atoms. The van der Waals surface area contributed by atoms with Gasteiger partial charge in [0.1, 0.15) is 5.75 Å². The van der Waals surface area contributed by atoms with E-state index in [9.17, 15) is 0 Å². The van der Waals surface area contributed by atoms with Crippen molar-refractivity contribution in [2.24, 2.45) is 5.73 Å². The van der Waals surface area contributed by atoms with E-state index >= 15 is 0 Å². The number of methoxy groups -OCH3 is 1. The van der Waals surface area contributed by atoms with Gasteiger partial charge in [0.2, 0.25) is 0 Å². The highest BCUT2D eigenvalue weighted by atomic mass is 16.5. The van der Waals surface area contributed by atoms with Gasteiger partial charge in [0.15, 0.2) is 0 Å². The number of benzene rings is 1. The lowest BCUT2D eigenvalue weighted by Crippen LogP contribution is -2.59. The molecule has 0 radical (unpaired) electrons. The minimum absolute atomic E-state index is 0.0547. The zero-order valence-electron chi connectivity index (χ0n) is 11.6. The van der Waals surface area contributed by atoms with Gasteiger partial charge in [-0.05, 0) is 39.3 Å². The third-order valence-corrected chi connectivity index (χ3v) is 4.22. The molecule has 1 aliphatic rings. The maximum absolute atomic E-state index is 6.25. The number of para-hydroxylation sites is 1. The van der Waals surface area contributed by atoms with Gasteiger partial charge < -0.3 is 10.5 Å². The number of nitrogens with zero attached hydrogens (tertiary/aromatic N) is 1. The molecule has 0 amide bonds. The van der Waals surface area contributed by atoms with E-state index in [4.69, 9.17) is 10.5 Å². The van der Waals surface area contributed by atoms with Crippen molar-refractivity contribution in [3.8, 4) is 5.75 Å². The van der Waals surface area contributed by atoms with Gasteiger partial charge in [0.25, 0.3) is 0 Å². The van der Waals surface area contributed by atoms with Gasteiger partial charge in [-0.1, -0.05) is 18.2 Å². The smallest absolute Gasteiger partial charge is 0.123 e. The first-order valence-corrected chi connectivity index (χ1v) is 6.68. The molecule has 0 spiro atoms. The fourth-order valence-electron chi connectivity index (χ4n) is 2.70. The maximum Gasteiger partial charge on any atom is 0.123 e. The van der Waals surface area contributed by atoms with Crippen molar-refractivity contribution in [1.29, 1.82) is 0 Å². The first-order valence-electron chi connectivity index (χ1n) is 6.68. The minimum atomic E-state index is 0.0547. The third kappa shape index (κ3) is 2.52. The molecule has 18 heavy (non-hydrogen) atoms. The van der Waals surface area contributed by atoms with Crippen LogP contribution >= 0.6 is 0 Å². The van der Waals surface area contributed by atoms with E-state index < -0.39 is 0 Å². The molecular weight excluding hydrogens is 224 g/mol. The molecule has 0 saturated carbocycles. The minimum Gasteiger partial charge on any atom is -0.496 e. The molecule has 1 atom stereocenters. The molecule has 1 saturated heterocycles. The average molecular weight is 248 g/mol. The average Bonchev–Trinajstić information content (AvgIpc) is 2.36. The number of rotatable bonds is 3. The number of ether oxygens (including phenoxy) is 1. The summed E-state index contributed by atoms with van der Waals surface area (Å²) in [7, 11) is 1.73. The van der Waals surface area contributed by atoms with Crippen molar-refractivity contribution >= 4 is 0 Å². The third-order valence-electron chi connectivity index (χ3n) is 4.22. The summed E-state index contributed by atoms with van der Waals surface area (Å²) in [6, 6.07) is 8.48. The van der Waals surface area contributed by atoms with Gasteiger partial charge in [0.05, 0.1) is 7.11 Å². The summed E-state index contributed by atoms with van der Waals surface area (Å²) in [5, 5.41) is 0. The van der Waals surface area contributed by atoms with E-state index in [0.717, 1.165) is 25.3 Å². The molecule has 0 aromatic heterocycles. The van der Waals surface area contributed by atoms with Crippen molar-refractivity contribution in [2.45, 2.75) is 44.8 Å². The maximum atomic E-state index is 6.25. The van der Waals surface area contributed by atoms with Gasteiger partial charge in [0, 0.05) is 23.7 Å². The Morgan fingerprint density at radius 3 is 2.83 bits per heavy atom. The number of piperidine rings is 1. The highest BCUT2D eigenvalue weighted by Gasteiger charge is 2.36. The van der Waals surface area contributed by atoms with Crippen LogP contribution in [0, 0.1) is 0 Å². The molecule has 3 nitrogen and oxygen atoms in total. The highest BCUT2D eigenvalue weighted by molar-refractivity contribution is 5.33. The zero-order chi connectivity index (χ0) is 13.2. The van der Waals surface area contributed by atoms with Crippen LogP contribution in [-0.2, 0) is 6.54 Å². The summed E-state index contributed by atoms with van der Waals surface area (Å²) >= 11 is 0. The van der Waals surface area contributed by atoms with Gasteiger partial charge in [-0.25, -0.2) is 0 Å². The molecule has 0 aliphatic carbocycles. The second-order valence-electron chi connectivity index (χ2n) is 5.64. The highest BCUT2D eigenvalue weighted by Crippen LogP contribution is 2.30. The molecule has 2 rings (SSSR count). The molecule has 1 fully saturated rings. The molecule has 1 aromatic rings. The molecule has 1 aliphatic heterocycles. The topological polar surface area (TPSA) is 38.5 Å². The van der Waals surface area contributed by atoms with Crippen LogP contribution < -0.4 is 10.5 Å². The molecular formula is C15H24N2O. The first-order chi connectivity index (χ1) is 8.55. The lowest BCUT2D eigenvalue weighted by atomic mass is 9.85. The van der Waals surface area contributed by atoms with E-state index in [0.29, 0.717) is 0 Å². The Kier molecular flexibility index (Phi) is 3.93. The van der Waals surface area contributed by atoms with Crippen LogP contribution in [-0.4, -0.2) is 30.1 Å². The number of likely N-dealkylation sites (tertiary alicyclic amines) is 1. The Balaban J connectivity index is 2.17. The summed E-state index contributed by atoms with van der Waals surface area (Å²) in [5.41, 5.74) is 7.55. The first kappa shape index (κ1) is 13.4. The second-order valence-corrected chi connectivity index (χ2v) is 5.64. The lowest BCUT2D eigenvalue weighted by Gasteiger charge is -2.46. The Morgan fingerprint density at radius 1 is 1.39 bits per heavy atom. The SMILES string of the molecule is COc1ccccc1CN1CCCC(N)C1(C)C. The van der Waals surface area contributed by atoms with Crippen LogP contribution in [0.2, 0.25) is 0 Å². The quantitative estimate of drug-likeness (QED) is 0.892. The molecule has 1 aromatic carbocycles. The number of nitrogens with two attached hydrogens (primary N) is 1. The number of hydrogen-bond donors (Lipinski definition) is 1. The fraction of sp³-hybridized carbons (Fsp3) is 0.600. The number of hydrogen-bond acceptors (Lipinski definition) is 3. The van der Waals surface area contributed by atoms with E-state index in [1.54, 1.807) is 7.11 Å². The molecule has 1 unspecified atom stereocenters. The summed E-state index contributed by atoms with van der Waals surface area (Å²) < 4.78 is 5.42. The normalized spacial score (nSPS) is 23.9. The fourth-order valence-corrected chi connectivity index (χ4v) is 2.70. The Morgan fingerprint density at radius 2 is 2.11 bits per heavy atom. The summed E-state index contributed by atoms with van der Waals surface area (Å²) in [6.07, 6.45) is 2.30. The zero-order valence-corrected chi connectivity index (χ0v) is 11.6. The van der Waals surface area contributed by atoms with Crippen LogP contribution in [0.25, 0.3) is 0 Å². The monoisotopic (exact) mass is 248 g/mol. The predicted octanol–water partition coefficient (Wildman–Crippen LogP) is 2.40.